The van der Waals surface area contributed by atoms with E-state index in [0.717, 1.165) is 45.8 Å². The largest absolute Gasteiger partial charge is 0.458 e. The molecule has 2 heterocycles. The molecule has 9 aromatic rings. The Kier molecular flexibility index (Phi) is 9.20. The lowest BCUT2D eigenvalue weighted by atomic mass is 9.66. The van der Waals surface area contributed by atoms with Crippen molar-refractivity contribution in [2.45, 2.75) is 37.3 Å². The zero-order valence-corrected chi connectivity index (χ0v) is 36.6. The normalized spacial score (nSPS) is 19.5. The maximum absolute atomic E-state index is 6.93. The molecule has 0 amide bonds. The number of benzene rings is 8. The highest BCUT2D eigenvalue weighted by Gasteiger charge is 2.55. The maximum Gasteiger partial charge on any atom is 0.136 e. The molecule has 3 nitrogen and oxygen atoms in total. The van der Waals surface area contributed by atoms with E-state index in [9.17, 15) is 0 Å². The fourth-order valence-electron chi connectivity index (χ4n) is 11.0. The van der Waals surface area contributed by atoms with E-state index in [-0.39, 0.29) is 11.6 Å². The molecule has 0 spiro atoms. The lowest BCUT2D eigenvalue weighted by Gasteiger charge is -2.43. The number of hydrogen-bond donors (Lipinski definition) is 0. The van der Waals surface area contributed by atoms with Crippen LogP contribution >= 0.6 is 0 Å². The Morgan fingerprint density at radius 3 is 1.89 bits per heavy atom. The van der Waals surface area contributed by atoms with Gasteiger partial charge in [0, 0.05) is 44.7 Å². The predicted octanol–water partition coefficient (Wildman–Crippen LogP) is 16.4. The van der Waals surface area contributed by atoms with Gasteiger partial charge < -0.3 is 14.2 Å². The molecule has 0 bridgehead atoms. The van der Waals surface area contributed by atoms with Crippen molar-refractivity contribution in [2.75, 3.05) is 9.80 Å². The summed E-state index contributed by atoms with van der Waals surface area (Å²) < 4.78 is 6.93. The summed E-state index contributed by atoms with van der Waals surface area (Å²) in [5.74, 6) is 1.01. The van der Waals surface area contributed by atoms with Crippen LogP contribution in [0.15, 0.2) is 235 Å². The molecule has 0 fully saturated rings. The molecule has 65 heavy (non-hydrogen) atoms. The number of allylic oxidation sites excluding steroid dienone is 2. The fraction of sp³-hybridized carbons (Fsp3) is 0.0968. The van der Waals surface area contributed by atoms with Crippen LogP contribution in [-0.4, -0.2) is 5.54 Å². The van der Waals surface area contributed by atoms with E-state index in [2.05, 4.69) is 260 Å². The second-order valence-electron chi connectivity index (χ2n) is 18.0. The summed E-state index contributed by atoms with van der Waals surface area (Å²) >= 11 is 0. The van der Waals surface area contributed by atoms with Crippen LogP contribution < -0.4 is 9.80 Å². The first-order chi connectivity index (χ1) is 32.0. The van der Waals surface area contributed by atoms with Crippen LogP contribution in [-0.2, 0) is 5.41 Å². The molecule has 8 aromatic carbocycles. The number of furan rings is 1. The molecule has 3 atom stereocenters. The summed E-state index contributed by atoms with van der Waals surface area (Å²) in [6.07, 6.45) is 10.4. The molecule has 0 saturated heterocycles. The maximum atomic E-state index is 6.93. The molecule has 1 aliphatic heterocycles. The van der Waals surface area contributed by atoms with E-state index in [1.54, 1.807) is 0 Å². The van der Waals surface area contributed by atoms with Crippen LogP contribution in [0.2, 0.25) is 0 Å². The van der Waals surface area contributed by atoms with Gasteiger partial charge in [-0.15, -0.1) is 0 Å². The van der Waals surface area contributed by atoms with Gasteiger partial charge in [0.15, 0.2) is 0 Å². The van der Waals surface area contributed by atoms with Crippen molar-refractivity contribution in [2.24, 2.45) is 0 Å². The Balaban J connectivity index is 1.03. The average Bonchev–Trinajstić information content (AvgIpc) is 3.88. The number of rotatable bonds is 8. The monoisotopic (exact) mass is 836 g/mol. The molecule has 2 aliphatic carbocycles. The summed E-state index contributed by atoms with van der Waals surface area (Å²) in [5.41, 5.74) is 16.9. The molecule has 3 heteroatoms. The van der Waals surface area contributed by atoms with Gasteiger partial charge in [-0.3, -0.25) is 0 Å². The Morgan fingerprint density at radius 1 is 0.569 bits per heavy atom. The topological polar surface area (TPSA) is 19.6 Å². The third kappa shape index (κ3) is 6.33. The van der Waals surface area contributed by atoms with E-state index in [0.29, 0.717) is 0 Å². The van der Waals surface area contributed by atoms with Gasteiger partial charge in [-0.05, 0) is 119 Å². The number of hydrogen-bond acceptors (Lipinski definition) is 3. The standard InChI is InChI=1S/C62H48N2O/c1-61(39-37-45(38-40-61)43-19-7-3-8-20-43)64(56-36-33-48(44-21-9-4-10-22-44)41-52(56)46-23-11-5-12-24-46)50-34-31-47(32-35-50)55-42-53-51-27-15-18-30-58(51)65-59(53)60-62(55,2)54-28-16-17-29-57(54)63(60)49-25-13-6-14-26-49/h3-39,41-42,60H,40H2,1-2H3/t60-,61?,62?/m0/s1. The third-order valence-corrected chi connectivity index (χ3v) is 14.2. The first kappa shape index (κ1) is 38.8. The van der Waals surface area contributed by atoms with Crippen molar-refractivity contribution in [1.29, 1.82) is 0 Å². The number of fused-ring (bicyclic) bond motifs is 7. The van der Waals surface area contributed by atoms with Crippen LogP contribution in [0.3, 0.4) is 0 Å². The molecule has 0 N–H and O–H groups in total. The van der Waals surface area contributed by atoms with E-state index in [1.807, 2.05) is 0 Å². The second kappa shape index (κ2) is 15.4. The molecule has 3 aliphatic rings. The van der Waals surface area contributed by atoms with Crippen molar-refractivity contribution in [3.05, 3.63) is 259 Å². The minimum absolute atomic E-state index is 0.102. The van der Waals surface area contributed by atoms with Gasteiger partial charge in [0.2, 0.25) is 0 Å². The van der Waals surface area contributed by atoms with Gasteiger partial charge >= 0.3 is 0 Å². The summed E-state index contributed by atoms with van der Waals surface area (Å²) in [5, 5.41) is 1.14. The lowest BCUT2D eigenvalue weighted by molar-refractivity contribution is 0.418. The van der Waals surface area contributed by atoms with Crippen molar-refractivity contribution in [3.63, 3.8) is 0 Å². The van der Waals surface area contributed by atoms with Crippen LogP contribution in [0.25, 0.3) is 50.4 Å². The number of nitrogens with zero attached hydrogens (tertiary/aromatic N) is 2. The Morgan fingerprint density at radius 2 is 1.18 bits per heavy atom. The summed E-state index contributed by atoms with van der Waals surface area (Å²) in [4.78, 5) is 5.09. The van der Waals surface area contributed by atoms with Crippen molar-refractivity contribution >= 4 is 50.9 Å². The Labute approximate surface area is 381 Å². The number of para-hydroxylation sites is 3. The highest BCUT2D eigenvalue weighted by Crippen LogP contribution is 2.64. The Hall–Kier alpha value is -7.88. The van der Waals surface area contributed by atoms with Gasteiger partial charge in [0.05, 0.1) is 5.54 Å². The Bertz CT molecular complexity index is 3310. The van der Waals surface area contributed by atoms with E-state index in [4.69, 9.17) is 4.42 Å². The van der Waals surface area contributed by atoms with Crippen LogP contribution in [0.5, 0.6) is 0 Å². The van der Waals surface area contributed by atoms with Crippen molar-refractivity contribution < 1.29 is 4.42 Å². The zero-order valence-electron chi connectivity index (χ0n) is 36.6. The molecule has 2 unspecified atom stereocenters. The smallest absolute Gasteiger partial charge is 0.136 e. The molecule has 312 valence electrons. The summed E-state index contributed by atoms with van der Waals surface area (Å²) in [7, 11) is 0. The van der Waals surface area contributed by atoms with Gasteiger partial charge in [-0.25, -0.2) is 0 Å². The van der Waals surface area contributed by atoms with Crippen molar-refractivity contribution in [1.82, 2.24) is 0 Å². The molecule has 0 radical (unpaired) electrons. The molecule has 0 saturated carbocycles. The highest BCUT2D eigenvalue weighted by atomic mass is 16.3. The van der Waals surface area contributed by atoms with Crippen LogP contribution in [0, 0.1) is 0 Å². The van der Waals surface area contributed by atoms with E-state index >= 15 is 0 Å². The highest BCUT2D eigenvalue weighted by molar-refractivity contribution is 6.03. The second-order valence-corrected chi connectivity index (χ2v) is 18.0. The first-order valence-corrected chi connectivity index (χ1v) is 22.8. The molecular weight excluding hydrogens is 789 g/mol. The van der Waals surface area contributed by atoms with Gasteiger partial charge in [0.1, 0.15) is 17.4 Å². The van der Waals surface area contributed by atoms with Crippen molar-refractivity contribution in [3.8, 4) is 22.3 Å². The summed E-state index contributed by atoms with van der Waals surface area (Å²) in [6, 6.07) is 76.9. The van der Waals surface area contributed by atoms with Gasteiger partial charge in [-0.2, -0.15) is 0 Å². The van der Waals surface area contributed by atoms with E-state index in [1.165, 1.54) is 55.8 Å². The average molecular weight is 837 g/mol. The SMILES string of the molecule is CC12C(c3ccc(N(c4ccc(-c5ccccc5)cc4-c4ccccc4)C4(C)C=CC(c5ccccc5)=CC4)cc3)=Cc3c(oc4ccccc34)[C@@H]1N(c1ccccc1)c1ccccc12. The lowest BCUT2D eigenvalue weighted by Crippen LogP contribution is -2.42. The minimum atomic E-state index is -0.432. The van der Waals surface area contributed by atoms with Crippen LogP contribution in [0.4, 0.5) is 22.7 Å². The molecular formula is C62H48N2O. The van der Waals surface area contributed by atoms with Gasteiger partial charge in [-0.1, -0.05) is 182 Å². The molecule has 12 rings (SSSR count). The minimum Gasteiger partial charge on any atom is -0.458 e. The first-order valence-electron chi connectivity index (χ1n) is 22.8. The zero-order chi connectivity index (χ0) is 43.5. The predicted molar refractivity (Wildman–Crippen MR) is 272 cm³/mol. The third-order valence-electron chi connectivity index (χ3n) is 14.2. The van der Waals surface area contributed by atoms with Crippen LogP contribution in [0.1, 0.15) is 54.3 Å². The summed E-state index contributed by atoms with van der Waals surface area (Å²) in [6.45, 7) is 4.80. The fourth-order valence-corrected chi connectivity index (χ4v) is 11.0. The quantitative estimate of drug-likeness (QED) is 0.152. The molecule has 1 aromatic heterocycles. The number of anilines is 4. The van der Waals surface area contributed by atoms with Gasteiger partial charge in [0.25, 0.3) is 0 Å². The van der Waals surface area contributed by atoms with E-state index < -0.39 is 5.41 Å².